The van der Waals surface area contributed by atoms with E-state index in [9.17, 15) is 10.1 Å². The summed E-state index contributed by atoms with van der Waals surface area (Å²) in [7, 11) is 0. The molecule has 4 rings (SSSR count). The number of hydrogen-bond acceptors (Lipinski definition) is 5. The van der Waals surface area contributed by atoms with Gasteiger partial charge in [-0.25, -0.2) is 14.5 Å². The Morgan fingerprint density at radius 2 is 2.07 bits per heavy atom. The van der Waals surface area contributed by atoms with E-state index in [4.69, 9.17) is 4.98 Å². The Hall–Kier alpha value is -2.53. The molecular weight excluding hydrogens is 360 g/mol. The van der Waals surface area contributed by atoms with Crippen molar-refractivity contribution < 1.29 is 0 Å². The van der Waals surface area contributed by atoms with Gasteiger partial charge >= 0.3 is 0 Å². The molecule has 8 heteroatoms. The van der Waals surface area contributed by atoms with E-state index < -0.39 is 0 Å². The number of thioether (sulfide) groups is 1. The first-order valence-corrected chi connectivity index (χ1v) is 10.3. The van der Waals surface area contributed by atoms with E-state index in [2.05, 4.69) is 34.6 Å². The zero-order valence-electron chi connectivity index (χ0n) is 15.5. The van der Waals surface area contributed by atoms with E-state index in [0.29, 0.717) is 28.7 Å². The van der Waals surface area contributed by atoms with E-state index in [0.717, 1.165) is 10.9 Å². The number of imidazole rings is 1. The third-order valence-corrected chi connectivity index (χ3v) is 6.30. The largest absolute Gasteiger partial charge is 0.320 e. The van der Waals surface area contributed by atoms with Crippen LogP contribution in [0.5, 0.6) is 0 Å². The molecule has 3 aromatic rings. The van der Waals surface area contributed by atoms with Crippen molar-refractivity contribution in [3.8, 4) is 6.07 Å². The number of rotatable bonds is 4. The van der Waals surface area contributed by atoms with Crippen molar-refractivity contribution in [2.45, 2.75) is 62.9 Å². The molecule has 0 bridgehead atoms. The van der Waals surface area contributed by atoms with Crippen LogP contribution in [0, 0.1) is 25.2 Å². The zero-order chi connectivity index (χ0) is 19.0. The summed E-state index contributed by atoms with van der Waals surface area (Å²) in [6.45, 7) is 4.19. The van der Waals surface area contributed by atoms with Gasteiger partial charge < -0.3 is 4.57 Å². The van der Waals surface area contributed by atoms with Gasteiger partial charge in [-0.3, -0.25) is 9.89 Å². The van der Waals surface area contributed by atoms with Crippen LogP contribution in [0.1, 0.15) is 60.8 Å². The molecule has 7 nitrogen and oxygen atoms in total. The SMILES string of the molecule is Cc1nc(SCc2cc(=O)n3[nH]cc(C#N)c3n2)n(C2CCCCC2)c1C. The highest BCUT2D eigenvalue weighted by molar-refractivity contribution is 7.98. The maximum atomic E-state index is 12.3. The molecule has 1 saturated carbocycles. The van der Waals surface area contributed by atoms with Crippen LogP contribution >= 0.6 is 11.8 Å². The fraction of sp³-hybridized carbons (Fsp3) is 0.474. The molecule has 1 N–H and O–H groups in total. The van der Waals surface area contributed by atoms with E-state index >= 15 is 0 Å². The standard InChI is InChI=1S/C19H22N6OS/c1-12-13(2)24(16-6-4-3-5-7-16)19(22-12)27-11-15-8-17(26)25-18(23-15)14(9-20)10-21-25/h8,10,16,21H,3-7,11H2,1-2H3. The minimum absolute atomic E-state index is 0.208. The van der Waals surface area contributed by atoms with Gasteiger partial charge in [0.1, 0.15) is 11.6 Å². The van der Waals surface area contributed by atoms with Gasteiger partial charge in [0.25, 0.3) is 5.56 Å². The molecule has 0 amide bonds. The zero-order valence-corrected chi connectivity index (χ0v) is 16.3. The van der Waals surface area contributed by atoms with E-state index in [1.165, 1.54) is 54.6 Å². The Kier molecular flexibility index (Phi) is 4.79. The number of nitrogens with zero attached hydrogens (tertiary/aromatic N) is 5. The van der Waals surface area contributed by atoms with E-state index in [1.54, 1.807) is 11.8 Å². The molecule has 0 aromatic carbocycles. The number of fused-ring (bicyclic) bond motifs is 1. The molecule has 3 heterocycles. The number of H-pyrrole nitrogens is 1. The Morgan fingerprint density at radius 3 is 2.81 bits per heavy atom. The summed E-state index contributed by atoms with van der Waals surface area (Å²) in [6.07, 6.45) is 7.76. The minimum Gasteiger partial charge on any atom is -0.320 e. The fourth-order valence-electron chi connectivity index (χ4n) is 3.79. The van der Waals surface area contributed by atoms with Crippen LogP contribution < -0.4 is 5.56 Å². The van der Waals surface area contributed by atoms with Gasteiger partial charge in [0.15, 0.2) is 10.8 Å². The molecule has 0 radical (unpaired) electrons. The third-order valence-electron chi connectivity index (χ3n) is 5.31. The van der Waals surface area contributed by atoms with Crippen LogP contribution in [0.15, 0.2) is 22.2 Å². The Bertz CT molecular complexity index is 1080. The first-order valence-electron chi connectivity index (χ1n) is 9.27. The highest BCUT2D eigenvalue weighted by Gasteiger charge is 2.22. The number of nitriles is 1. The maximum absolute atomic E-state index is 12.3. The number of aromatic nitrogens is 5. The van der Waals surface area contributed by atoms with Crippen molar-refractivity contribution in [1.29, 1.82) is 5.26 Å². The van der Waals surface area contributed by atoms with Gasteiger partial charge in [0, 0.05) is 29.8 Å². The lowest BCUT2D eigenvalue weighted by Crippen LogP contribution is -2.16. The van der Waals surface area contributed by atoms with Gasteiger partial charge in [0.2, 0.25) is 0 Å². The van der Waals surface area contributed by atoms with Crippen LogP contribution in [0.2, 0.25) is 0 Å². The van der Waals surface area contributed by atoms with Crippen molar-refractivity contribution in [3.05, 3.63) is 45.3 Å². The number of aryl methyl sites for hydroxylation is 1. The predicted molar refractivity (Wildman–Crippen MR) is 104 cm³/mol. The highest BCUT2D eigenvalue weighted by atomic mass is 32.2. The lowest BCUT2D eigenvalue weighted by Gasteiger charge is -2.26. The second-order valence-corrected chi connectivity index (χ2v) is 8.00. The van der Waals surface area contributed by atoms with Crippen LogP contribution in [0.25, 0.3) is 5.65 Å². The first-order chi connectivity index (χ1) is 13.1. The van der Waals surface area contributed by atoms with Crippen molar-refractivity contribution in [3.63, 3.8) is 0 Å². The van der Waals surface area contributed by atoms with Crippen LogP contribution in [-0.2, 0) is 5.75 Å². The summed E-state index contributed by atoms with van der Waals surface area (Å²) >= 11 is 1.61. The second kappa shape index (κ2) is 7.24. The van der Waals surface area contributed by atoms with Crippen LogP contribution in [0.4, 0.5) is 0 Å². The molecule has 3 aromatic heterocycles. The molecule has 140 valence electrons. The second-order valence-electron chi connectivity index (χ2n) is 7.06. The molecule has 0 unspecified atom stereocenters. The van der Waals surface area contributed by atoms with Crippen molar-refractivity contribution >= 4 is 17.4 Å². The number of nitrogens with one attached hydrogen (secondary N) is 1. The normalized spacial score (nSPS) is 15.3. The Labute approximate surface area is 161 Å². The lowest BCUT2D eigenvalue weighted by atomic mass is 9.95. The molecule has 0 spiro atoms. The molecular formula is C19H22N6OS. The predicted octanol–water partition coefficient (Wildman–Crippen LogP) is 3.51. The van der Waals surface area contributed by atoms with Gasteiger partial charge in [-0.05, 0) is 26.7 Å². The van der Waals surface area contributed by atoms with Crippen molar-refractivity contribution in [1.82, 2.24) is 24.1 Å². The van der Waals surface area contributed by atoms with Gasteiger partial charge in [-0.2, -0.15) is 5.26 Å². The molecule has 0 saturated heterocycles. The average molecular weight is 382 g/mol. The van der Waals surface area contributed by atoms with Gasteiger partial charge in [-0.1, -0.05) is 31.0 Å². The highest BCUT2D eigenvalue weighted by Crippen LogP contribution is 2.34. The molecule has 0 aliphatic heterocycles. The summed E-state index contributed by atoms with van der Waals surface area (Å²) in [5.74, 6) is 0.546. The van der Waals surface area contributed by atoms with E-state index in [1.807, 2.05) is 0 Å². The molecule has 1 aliphatic carbocycles. The van der Waals surface area contributed by atoms with Crippen molar-refractivity contribution in [2.75, 3.05) is 0 Å². The minimum atomic E-state index is -0.208. The quantitative estimate of drug-likeness (QED) is 0.697. The fourth-order valence-corrected chi connectivity index (χ4v) is 4.84. The lowest BCUT2D eigenvalue weighted by molar-refractivity contribution is 0.332. The van der Waals surface area contributed by atoms with E-state index in [-0.39, 0.29) is 5.56 Å². The third kappa shape index (κ3) is 3.28. The molecule has 1 fully saturated rings. The molecule has 0 atom stereocenters. The van der Waals surface area contributed by atoms with Crippen LogP contribution in [0.3, 0.4) is 0 Å². The molecule has 1 aliphatic rings. The Balaban J connectivity index is 1.62. The summed E-state index contributed by atoms with van der Waals surface area (Å²) < 4.78 is 3.67. The monoisotopic (exact) mass is 382 g/mol. The van der Waals surface area contributed by atoms with Gasteiger partial charge in [-0.15, -0.1) is 0 Å². The van der Waals surface area contributed by atoms with Crippen LogP contribution in [-0.4, -0.2) is 24.1 Å². The first kappa shape index (κ1) is 17.9. The smallest absolute Gasteiger partial charge is 0.272 e. The van der Waals surface area contributed by atoms with Crippen molar-refractivity contribution in [2.24, 2.45) is 0 Å². The average Bonchev–Trinajstić information content (AvgIpc) is 3.22. The summed E-state index contributed by atoms with van der Waals surface area (Å²) in [4.78, 5) is 21.5. The Morgan fingerprint density at radius 1 is 1.30 bits per heavy atom. The topological polar surface area (TPSA) is 91.8 Å². The maximum Gasteiger partial charge on any atom is 0.272 e. The molecule has 27 heavy (non-hydrogen) atoms. The summed E-state index contributed by atoms with van der Waals surface area (Å²) in [6, 6.07) is 4.10. The summed E-state index contributed by atoms with van der Waals surface area (Å²) in [5, 5.41) is 12.9. The van der Waals surface area contributed by atoms with Gasteiger partial charge in [0.05, 0.1) is 11.4 Å². The number of aromatic amines is 1. The number of hydrogen-bond donors (Lipinski definition) is 1. The summed E-state index contributed by atoms with van der Waals surface area (Å²) in [5.41, 5.74) is 3.49.